The maximum atomic E-state index is 13.3. The molecule has 2 aromatic rings. The SMILES string of the molecule is O=C(c1ccc(F)c(F)c1)N1CCN(Cc2ccccn2)CC1. The van der Waals surface area contributed by atoms with Gasteiger partial charge in [0.25, 0.3) is 5.91 Å². The summed E-state index contributed by atoms with van der Waals surface area (Å²) in [5.41, 5.74) is 1.18. The van der Waals surface area contributed by atoms with Gasteiger partial charge in [0.15, 0.2) is 11.6 Å². The van der Waals surface area contributed by atoms with Crippen molar-refractivity contribution in [3.8, 4) is 0 Å². The molecule has 6 heteroatoms. The fourth-order valence-corrected chi connectivity index (χ4v) is 2.64. The molecule has 1 amide bonds. The summed E-state index contributed by atoms with van der Waals surface area (Å²) in [6.45, 7) is 3.32. The van der Waals surface area contributed by atoms with E-state index in [0.717, 1.165) is 37.5 Å². The van der Waals surface area contributed by atoms with Crippen LogP contribution >= 0.6 is 0 Å². The largest absolute Gasteiger partial charge is 0.336 e. The molecular weight excluding hydrogens is 300 g/mol. The molecule has 23 heavy (non-hydrogen) atoms. The van der Waals surface area contributed by atoms with E-state index in [0.29, 0.717) is 13.1 Å². The summed E-state index contributed by atoms with van der Waals surface area (Å²) in [6, 6.07) is 9.06. The van der Waals surface area contributed by atoms with Gasteiger partial charge in [-0.15, -0.1) is 0 Å². The number of hydrogen-bond acceptors (Lipinski definition) is 3. The lowest BCUT2D eigenvalue weighted by Gasteiger charge is -2.34. The Balaban J connectivity index is 1.58. The van der Waals surface area contributed by atoms with Gasteiger partial charge in [0.2, 0.25) is 0 Å². The smallest absolute Gasteiger partial charge is 0.254 e. The summed E-state index contributed by atoms with van der Waals surface area (Å²) in [5.74, 6) is -2.20. The normalized spacial score (nSPS) is 15.7. The van der Waals surface area contributed by atoms with Gasteiger partial charge in [-0.1, -0.05) is 6.07 Å². The van der Waals surface area contributed by atoms with Crippen molar-refractivity contribution in [2.45, 2.75) is 6.54 Å². The van der Waals surface area contributed by atoms with Gasteiger partial charge in [0, 0.05) is 44.5 Å². The summed E-state index contributed by atoms with van der Waals surface area (Å²) >= 11 is 0. The fraction of sp³-hybridized carbons (Fsp3) is 0.294. The molecule has 1 aliphatic rings. The van der Waals surface area contributed by atoms with Crippen LogP contribution in [0.3, 0.4) is 0 Å². The molecule has 1 aromatic carbocycles. The number of pyridine rings is 1. The van der Waals surface area contributed by atoms with E-state index in [9.17, 15) is 13.6 Å². The third kappa shape index (κ3) is 3.71. The Hall–Kier alpha value is -2.34. The standard InChI is InChI=1S/C17H17F2N3O/c18-15-5-4-13(11-16(15)19)17(23)22-9-7-21(8-10-22)12-14-3-1-2-6-20-14/h1-6,11H,7-10,12H2. The second kappa shape index (κ2) is 6.83. The lowest BCUT2D eigenvalue weighted by molar-refractivity contribution is 0.0626. The van der Waals surface area contributed by atoms with E-state index in [1.165, 1.54) is 6.07 Å². The number of benzene rings is 1. The van der Waals surface area contributed by atoms with Gasteiger partial charge >= 0.3 is 0 Å². The molecule has 0 atom stereocenters. The maximum absolute atomic E-state index is 13.3. The average molecular weight is 317 g/mol. The van der Waals surface area contributed by atoms with E-state index in [1.807, 2.05) is 18.2 Å². The number of aromatic nitrogens is 1. The number of halogens is 2. The van der Waals surface area contributed by atoms with Crippen molar-refractivity contribution in [1.82, 2.24) is 14.8 Å². The van der Waals surface area contributed by atoms with Gasteiger partial charge in [0.1, 0.15) is 0 Å². The number of amides is 1. The van der Waals surface area contributed by atoms with Gasteiger partial charge in [-0.2, -0.15) is 0 Å². The summed E-state index contributed by atoms with van der Waals surface area (Å²) in [5, 5.41) is 0. The zero-order valence-corrected chi connectivity index (χ0v) is 12.6. The van der Waals surface area contributed by atoms with E-state index in [2.05, 4.69) is 9.88 Å². The Morgan fingerprint density at radius 1 is 1.04 bits per heavy atom. The van der Waals surface area contributed by atoms with Crippen molar-refractivity contribution in [2.75, 3.05) is 26.2 Å². The monoisotopic (exact) mass is 317 g/mol. The van der Waals surface area contributed by atoms with Crippen LogP contribution in [0.2, 0.25) is 0 Å². The van der Waals surface area contributed by atoms with E-state index in [-0.39, 0.29) is 11.5 Å². The molecule has 4 nitrogen and oxygen atoms in total. The maximum Gasteiger partial charge on any atom is 0.254 e. The molecule has 0 aliphatic carbocycles. The van der Waals surface area contributed by atoms with Gasteiger partial charge in [0.05, 0.1) is 5.69 Å². The second-order valence-corrected chi connectivity index (χ2v) is 5.52. The van der Waals surface area contributed by atoms with Gasteiger partial charge in [-0.3, -0.25) is 14.7 Å². The quantitative estimate of drug-likeness (QED) is 0.872. The highest BCUT2D eigenvalue weighted by Gasteiger charge is 2.23. The minimum absolute atomic E-state index is 0.182. The van der Waals surface area contributed by atoms with Crippen LogP contribution < -0.4 is 0 Å². The molecule has 2 heterocycles. The number of carbonyl (C=O) groups excluding carboxylic acids is 1. The van der Waals surface area contributed by atoms with E-state index in [4.69, 9.17) is 0 Å². The molecule has 0 unspecified atom stereocenters. The predicted molar refractivity (Wildman–Crippen MR) is 81.8 cm³/mol. The van der Waals surface area contributed by atoms with Crippen LogP contribution in [0, 0.1) is 11.6 Å². The molecule has 120 valence electrons. The lowest BCUT2D eigenvalue weighted by atomic mass is 10.1. The fourth-order valence-electron chi connectivity index (χ4n) is 2.64. The molecule has 0 saturated carbocycles. The summed E-state index contributed by atoms with van der Waals surface area (Å²) in [7, 11) is 0. The van der Waals surface area contributed by atoms with Gasteiger partial charge in [-0.25, -0.2) is 8.78 Å². The molecular formula is C17H17F2N3O. The first kappa shape index (κ1) is 15.6. The predicted octanol–water partition coefficient (Wildman–Crippen LogP) is 2.32. The highest BCUT2D eigenvalue weighted by Crippen LogP contribution is 2.13. The molecule has 3 rings (SSSR count). The highest BCUT2D eigenvalue weighted by molar-refractivity contribution is 5.94. The summed E-state index contributed by atoms with van der Waals surface area (Å²) in [6.07, 6.45) is 1.76. The van der Waals surface area contributed by atoms with Crippen molar-refractivity contribution >= 4 is 5.91 Å². The second-order valence-electron chi connectivity index (χ2n) is 5.52. The third-order valence-corrected chi connectivity index (χ3v) is 3.94. The molecule has 0 radical (unpaired) electrons. The van der Waals surface area contributed by atoms with Gasteiger partial charge in [-0.05, 0) is 30.3 Å². The number of piperazine rings is 1. The van der Waals surface area contributed by atoms with Crippen LogP contribution in [0.25, 0.3) is 0 Å². The molecule has 1 saturated heterocycles. The molecule has 0 N–H and O–H groups in total. The molecule has 1 fully saturated rings. The summed E-state index contributed by atoms with van der Waals surface area (Å²) < 4.78 is 26.2. The topological polar surface area (TPSA) is 36.4 Å². The number of hydrogen-bond donors (Lipinski definition) is 0. The van der Waals surface area contributed by atoms with E-state index >= 15 is 0 Å². The van der Waals surface area contributed by atoms with Crippen molar-refractivity contribution in [3.63, 3.8) is 0 Å². The molecule has 1 aromatic heterocycles. The van der Waals surface area contributed by atoms with Crippen LogP contribution in [-0.4, -0.2) is 46.9 Å². The van der Waals surface area contributed by atoms with Crippen LogP contribution in [0.1, 0.15) is 16.1 Å². The Morgan fingerprint density at radius 2 is 1.83 bits per heavy atom. The van der Waals surface area contributed by atoms with E-state index in [1.54, 1.807) is 11.1 Å². The number of rotatable bonds is 3. The Labute approximate surface area is 133 Å². The van der Waals surface area contributed by atoms with Crippen molar-refractivity contribution in [3.05, 3.63) is 65.5 Å². The van der Waals surface area contributed by atoms with Crippen LogP contribution in [0.5, 0.6) is 0 Å². The first-order chi connectivity index (χ1) is 11.1. The van der Waals surface area contributed by atoms with Crippen LogP contribution in [0.15, 0.2) is 42.6 Å². The number of carbonyl (C=O) groups is 1. The Bertz CT molecular complexity index is 685. The van der Waals surface area contributed by atoms with Gasteiger partial charge < -0.3 is 4.90 Å². The van der Waals surface area contributed by atoms with Crippen molar-refractivity contribution < 1.29 is 13.6 Å². The molecule has 0 bridgehead atoms. The van der Waals surface area contributed by atoms with Crippen LogP contribution in [-0.2, 0) is 6.54 Å². The average Bonchev–Trinajstić information content (AvgIpc) is 2.58. The molecule has 0 spiro atoms. The third-order valence-electron chi connectivity index (χ3n) is 3.94. The first-order valence-corrected chi connectivity index (χ1v) is 7.50. The highest BCUT2D eigenvalue weighted by atomic mass is 19.2. The number of nitrogens with zero attached hydrogens (tertiary/aromatic N) is 3. The zero-order valence-electron chi connectivity index (χ0n) is 12.6. The van der Waals surface area contributed by atoms with E-state index < -0.39 is 11.6 Å². The minimum atomic E-state index is -0.996. The summed E-state index contributed by atoms with van der Waals surface area (Å²) in [4.78, 5) is 20.5. The first-order valence-electron chi connectivity index (χ1n) is 7.50. The zero-order chi connectivity index (χ0) is 16.2. The Morgan fingerprint density at radius 3 is 2.48 bits per heavy atom. The lowest BCUT2D eigenvalue weighted by Crippen LogP contribution is -2.48. The van der Waals surface area contributed by atoms with Crippen molar-refractivity contribution in [1.29, 1.82) is 0 Å². The minimum Gasteiger partial charge on any atom is -0.336 e. The molecule has 1 aliphatic heterocycles. The Kier molecular flexibility index (Phi) is 4.62. The van der Waals surface area contributed by atoms with Crippen molar-refractivity contribution in [2.24, 2.45) is 0 Å². The van der Waals surface area contributed by atoms with Crippen LogP contribution in [0.4, 0.5) is 8.78 Å².